The zero-order valence-electron chi connectivity index (χ0n) is 28.2. The van der Waals surface area contributed by atoms with Gasteiger partial charge in [-0.25, -0.2) is 4.79 Å². The molecule has 5 nitrogen and oxygen atoms in total. The summed E-state index contributed by atoms with van der Waals surface area (Å²) in [7, 11) is 0. The van der Waals surface area contributed by atoms with Crippen LogP contribution in [0.2, 0.25) is 0 Å². The van der Waals surface area contributed by atoms with Gasteiger partial charge in [-0.05, 0) is 19.3 Å². The van der Waals surface area contributed by atoms with Crippen LogP contribution in [0, 0.1) is 5.92 Å². The molecule has 0 bridgehead atoms. The highest BCUT2D eigenvalue weighted by Crippen LogP contribution is 2.37. The first kappa shape index (κ1) is 38.9. The summed E-state index contributed by atoms with van der Waals surface area (Å²) in [6.45, 7) is 4.89. The van der Waals surface area contributed by atoms with Gasteiger partial charge in [-0.15, -0.1) is 0 Å². The molecular weight excluding hydrogens is 522 g/mol. The van der Waals surface area contributed by atoms with Crippen molar-refractivity contribution in [2.24, 2.45) is 5.92 Å². The van der Waals surface area contributed by atoms with Gasteiger partial charge in [-0.3, -0.25) is 4.79 Å². The molecule has 1 amide bonds. The summed E-state index contributed by atoms with van der Waals surface area (Å²) in [6, 6.07) is 0. The number of likely N-dealkylation sites (tertiary alicyclic amines) is 1. The van der Waals surface area contributed by atoms with Crippen molar-refractivity contribution in [3.63, 3.8) is 0 Å². The van der Waals surface area contributed by atoms with Crippen LogP contribution in [0.1, 0.15) is 206 Å². The fraction of sp³-hybridized carbons (Fsp3) is 0.946. The minimum Gasteiger partial charge on any atom is -0.478 e. The van der Waals surface area contributed by atoms with Crippen LogP contribution in [-0.4, -0.2) is 39.3 Å². The zero-order chi connectivity index (χ0) is 30.7. The largest absolute Gasteiger partial charge is 0.478 e. The van der Waals surface area contributed by atoms with Crippen molar-refractivity contribution in [2.45, 2.75) is 212 Å². The number of amides is 1. The molecule has 5 heteroatoms. The number of rotatable bonds is 30. The molecule has 1 aliphatic rings. The Morgan fingerprint density at radius 2 is 0.905 bits per heavy atom. The predicted octanol–water partition coefficient (Wildman–Crippen LogP) is 11.0. The zero-order valence-corrected chi connectivity index (χ0v) is 28.2. The maximum absolute atomic E-state index is 12.9. The molecule has 0 aliphatic carbocycles. The third-order valence-corrected chi connectivity index (χ3v) is 9.70. The van der Waals surface area contributed by atoms with Crippen LogP contribution >= 0.6 is 0 Å². The normalized spacial score (nSPS) is 18.6. The van der Waals surface area contributed by atoms with Gasteiger partial charge in [-0.2, -0.15) is 0 Å². The predicted molar refractivity (Wildman–Crippen MR) is 178 cm³/mol. The Bertz CT molecular complexity index is 654. The van der Waals surface area contributed by atoms with Gasteiger partial charge in [0.05, 0.1) is 0 Å². The number of carbonyl (C=O) groups excluding carboxylic acids is 1. The van der Waals surface area contributed by atoms with Gasteiger partial charge in [-0.1, -0.05) is 181 Å². The Labute approximate surface area is 261 Å². The topological polar surface area (TPSA) is 77.8 Å². The number of aliphatic carboxylic acids is 1. The molecule has 248 valence electrons. The van der Waals surface area contributed by atoms with Crippen LogP contribution in [0.25, 0.3) is 0 Å². The SMILES string of the molecule is CCCCCCCCCCCCCCCCC1CCN(C(=O)CCCCCCCCCCCCCCC)C1(O)C(=O)O. The maximum Gasteiger partial charge on any atom is 0.357 e. The molecule has 1 rings (SSSR count). The molecule has 0 spiro atoms. The van der Waals surface area contributed by atoms with E-state index in [9.17, 15) is 19.8 Å². The second-order valence-electron chi connectivity index (χ2n) is 13.4. The Kier molecular flexibility index (Phi) is 24.4. The highest BCUT2D eigenvalue weighted by Gasteiger charge is 2.54. The highest BCUT2D eigenvalue weighted by atomic mass is 16.4. The number of nitrogens with zero attached hydrogens (tertiary/aromatic N) is 1. The first-order valence-electron chi connectivity index (χ1n) is 18.7. The van der Waals surface area contributed by atoms with E-state index in [1.807, 2.05) is 0 Å². The number of carboxylic acid groups (broad SMARTS) is 1. The lowest BCUT2D eigenvalue weighted by Crippen LogP contribution is -2.56. The van der Waals surface area contributed by atoms with Gasteiger partial charge in [0.1, 0.15) is 0 Å². The third kappa shape index (κ3) is 17.3. The van der Waals surface area contributed by atoms with E-state index in [1.165, 1.54) is 146 Å². The van der Waals surface area contributed by atoms with Crippen molar-refractivity contribution in [3.8, 4) is 0 Å². The van der Waals surface area contributed by atoms with Crippen molar-refractivity contribution < 1.29 is 19.8 Å². The molecule has 0 radical (unpaired) electrons. The molecule has 0 aromatic heterocycles. The smallest absolute Gasteiger partial charge is 0.357 e. The van der Waals surface area contributed by atoms with Crippen LogP contribution in [0.15, 0.2) is 0 Å². The summed E-state index contributed by atoms with van der Waals surface area (Å²) in [6.07, 6.45) is 35.9. The van der Waals surface area contributed by atoms with E-state index in [-0.39, 0.29) is 11.8 Å². The average Bonchev–Trinajstić information content (AvgIpc) is 3.32. The maximum atomic E-state index is 12.9. The lowest BCUT2D eigenvalue weighted by atomic mass is 9.90. The van der Waals surface area contributed by atoms with Crippen molar-refractivity contribution in [1.82, 2.24) is 4.90 Å². The summed E-state index contributed by atoms with van der Waals surface area (Å²) >= 11 is 0. The van der Waals surface area contributed by atoms with Gasteiger partial charge in [0, 0.05) is 18.9 Å². The van der Waals surface area contributed by atoms with Gasteiger partial charge in [0.2, 0.25) is 11.6 Å². The second kappa shape index (κ2) is 26.3. The van der Waals surface area contributed by atoms with E-state index in [0.29, 0.717) is 25.8 Å². The van der Waals surface area contributed by atoms with E-state index >= 15 is 0 Å². The third-order valence-electron chi connectivity index (χ3n) is 9.70. The van der Waals surface area contributed by atoms with Crippen LogP contribution in [0.5, 0.6) is 0 Å². The first-order valence-corrected chi connectivity index (χ1v) is 18.7. The van der Waals surface area contributed by atoms with Gasteiger partial charge < -0.3 is 15.1 Å². The molecule has 42 heavy (non-hydrogen) atoms. The van der Waals surface area contributed by atoms with E-state index in [4.69, 9.17) is 0 Å². The molecule has 0 aromatic rings. The Morgan fingerprint density at radius 3 is 1.26 bits per heavy atom. The monoisotopic (exact) mass is 594 g/mol. The summed E-state index contributed by atoms with van der Waals surface area (Å²) in [5, 5.41) is 21.1. The minimum atomic E-state index is -2.02. The number of carbonyl (C=O) groups is 2. The fourth-order valence-corrected chi connectivity index (χ4v) is 6.84. The molecule has 0 aromatic carbocycles. The number of unbranched alkanes of at least 4 members (excludes halogenated alkanes) is 25. The number of aliphatic hydroxyl groups is 1. The standard InChI is InChI=1S/C37H71NO4/c1-3-5-7-9-11-13-15-17-19-20-22-24-26-28-30-34-32-33-38(37(34,42)36(40)41)35(39)31-29-27-25-23-21-18-16-14-12-10-8-6-4-2/h34,42H,3-33H2,1-2H3,(H,40,41). The number of carboxylic acids is 1. The Hall–Kier alpha value is -1.10. The van der Waals surface area contributed by atoms with Gasteiger partial charge >= 0.3 is 5.97 Å². The molecule has 1 heterocycles. The molecule has 0 saturated carbocycles. The van der Waals surface area contributed by atoms with Crippen LogP contribution in [0.4, 0.5) is 0 Å². The van der Waals surface area contributed by atoms with E-state index < -0.39 is 11.7 Å². The fourth-order valence-electron chi connectivity index (χ4n) is 6.84. The van der Waals surface area contributed by atoms with Crippen molar-refractivity contribution in [1.29, 1.82) is 0 Å². The molecule has 1 fully saturated rings. The molecule has 2 unspecified atom stereocenters. The lowest BCUT2D eigenvalue weighted by Gasteiger charge is -2.33. The molecule has 1 aliphatic heterocycles. The lowest BCUT2D eigenvalue weighted by molar-refractivity contribution is -0.190. The minimum absolute atomic E-state index is 0.188. The highest BCUT2D eigenvalue weighted by molar-refractivity contribution is 5.86. The number of hydrogen-bond donors (Lipinski definition) is 2. The average molecular weight is 594 g/mol. The van der Waals surface area contributed by atoms with Crippen molar-refractivity contribution in [3.05, 3.63) is 0 Å². The van der Waals surface area contributed by atoms with Crippen LogP contribution in [0.3, 0.4) is 0 Å². The summed E-state index contributed by atoms with van der Waals surface area (Å²) in [5.74, 6) is -1.80. The van der Waals surface area contributed by atoms with Gasteiger partial charge in [0.25, 0.3) is 0 Å². The first-order chi connectivity index (χ1) is 20.5. The van der Waals surface area contributed by atoms with Gasteiger partial charge in [0.15, 0.2) is 0 Å². The van der Waals surface area contributed by atoms with Crippen LogP contribution in [-0.2, 0) is 9.59 Å². The molecule has 2 N–H and O–H groups in total. The molecule has 1 saturated heterocycles. The van der Waals surface area contributed by atoms with Crippen molar-refractivity contribution in [2.75, 3.05) is 6.54 Å². The molecule has 2 atom stereocenters. The summed E-state index contributed by atoms with van der Waals surface area (Å²) < 4.78 is 0. The Morgan fingerprint density at radius 1 is 0.571 bits per heavy atom. The summed E-state index contributed by atoms with van der Waals surface area (Å²) in [4.78, 5) is 26.3. The van der Waals surface area contributed by atoms with E-state index in [2.05, 4.69) is 13.8 Å². The van der Waals surface area contributed by atoms with E-state index in [0.717, 1.165) is 32.1 Å². The Balaban J connectivity index is 2.11. The quantitative estimate of drug-likeness (QED) is 0.0812. The number of hydrogen-bond acceptors (Lipinski definition) is 3. The van der Waals surface area contributed by atoms with Crippen LogP contribution < -0.4 is 0 Å². The summed E-state index contributed by atoms with van der Waals surface area (Å²) in [5.41, 5.74) is -2.02. The van der Waals surface area contributed by atoms with Crippen molar-refractivity contribution >= 4 is 11.9 Å². The molecular formula is C37H71NO4. The second-order valence-corrected chi connectivity index (χ2v) is 13.4. The van der Waals surface area contributed by atoms with E-state index in [1.54, 1.807) is 0 Å².